The van der Waals surface area contributed by atoms with Crippen LogP contribution in [0.25, 0.3) is 0 Å². The van der Waals surface area contributed by atoms with Crippen molar-refractivity contribution >= 4 is 23.2 Å². The van der Waals surface area contributed by atoms with Gasteiger partial charge in [-0.15, -0.1) is 0 Å². The highest BCUT2D eigenvalue weighted by atomic mass is 35.5. The van der Waals surface area contributed by atoms with Gasteiger partial charge in [-0.2, -0.15) is 5.10 Å². The molecule has 0 unspecified atom stereocenters. The molecule has 0 aromatic carbocycles. The van der Waals surface area contributed by atoms with Crippen LogP contribution in [0.1, 0.15) is 10.5 Å². The Labute approximate surface area is 115 Å². The molecule has 2 aromatic heterocycles. The van der Waals surface area contributed by atoms with Gasteiger partial charge in [-0.3, -0.25) is 14.5 Å². The molecule has 0 aliphatic heterocycles. The Hall–Kier alpha value is -1.92. The normalized spacial score (nSPS) is 10.4. The van der Waals surface area contributed by atoms with Crippen LogP contribution in [0.4, 0.5) is 5.69 Å². The zero-order valence-electron chi connectivity index (χ0n) is 10.3. The molecule has 2 heterocycles. The van der Waals surface area contributed by atoms with Crippen LogP contribution in [0, 0.1) is 0 Å². The average Bonchev–Trinajstić information content (AvgIpc) is 2.84. The number of nitrogens with one attached hydrogen (secondary N) is 1. The lowest BCUT2D eigenvalue weighted by molar-refractivity contribution is 0.102. The molecule has 0 radical (unpaired) electrons. The van der Waals surface area contributed by atoms with Gasteiger partial charge in [-0.1, -0.05) is 11.6 Å². The first-order valence-corrected chi connectivity index (χ1v) is 6.01. The van der Waals surface area contributed by atoms with Crippen molar-refractivity contribution in [2.45, 2.75) is 6.54 Å². The van der Waals surface area contributed by atoms with Crippen molar-refractivity contribution in [1.82, 2.24) is 14.8 Å². The van der Waals surface area contributed by atoms with Crippen molar-refractivity contribution in [2.24, 2.45) is 0 Å². The van der Waals surface area contributed by atoms with Crippen molar-refractivity contribution in [2.75, 3.05) is 19.0 Å². The van der Waals surface area contributed by atoms with E-state index in [4.69, 9.17) is 16.3 Å². The number of amides is 1. The molecule has 6 nitrogen and oxygen atoms in total. The highest BCUT2D eigenvalue weighted by molar-refractivity contribution is 6.30. The van der Waals surface area contributed by atoms with E-state index in [9.17, 15) is 4.79 Å². The topological polar surface area (TPSA) is 69.0 Å². The fourth-order valence-corrected chi connectivity index (χ4v) is 1.62. The second kappa shape index (κ2) is 6.31. The molecule has 1 N–H and O–H groups in total. The molecule has 7 heteroatoms. The second-order valence-electron chi connectivity index (χ2n) is 3.80. The number of aromatic nitrogens is 3. The Morgan fingerprint density at radius 3 is 3.16 bits per heavy atom. The first-order chi connectivity index (χ1) is 9.19. The minimum Gasteiger partial charge on any atom is -0.383 e. The van der Waals surface area contributed by atoms with Gasteiger partial charge in [-0.25, -0.2) is 0 Å². The molecule has 0 aliphatic carbocycles. The standard InChI is InChI=1S/C12H13ClN4O2/c1-19-5-4-17-8-10(7-15-17)16-12(18)11-6-9(13)2-3-14-11/h2-3,6-8H,4-5H2,1H3,(H,16,18). The van der Waals surface area contributed by atoms with E-state index in [0.717, 1.165) is 0 Å². The summed E-state index contributed by atoms with van der Waals surface area (Å²) in [6, 6.07) is 3.12. The smallest absolute Gasteiger partial charge is 0.274 e. The second-order valence-corrected chi connectivity index (χ2v) is 4.23. The van der Waals surface area contributed by atoms with Crippen molar-refractivity contribution < 1.29 is 9.53 Å². The monoisotopic (exact) mass is 280 g/mol. The van der Waals surface area contributed by atoms with Gasteiger partial charge in [0.15, 0.2) is 0 Å². The zero-order chi connectivity index (χ0) is 13.7. The predicted molar refractivity (Wildman–Crippen MR) is 71.3 cm³/mol. The van der Waals surface area contributed by atoms with Crippen molar-refractivity contribution in [3.05, 3.63) is 41.4 Å². The van der Waals surface area contributed by atoms with Crippen LogP contribution in [0.3, 0.4) is 0 Å². The highest BCUT2D eigenvalue weighted by Gasteiger charge is 2.09. The van der Waals surface area contributed by atoms with Crippen molar-refractivity contribution in [3.63, 3.8) is 0 Å². The first kappa shape index (κ1) is 13.5. The van der Waals surface area contributed by atoms with Crippen molar-refractivity contribution in [1.29, 1.82) is 0 Å². The lowest BCUT2D eigenvalue weighted by Crippen LogP contribution is -2.13. The number of carbonyl (C=O) groups is 1. The molecule has 0 aliphatic rings. The number of hydrogen-bond donors (Lipinski definition) is 1. The van der Waals surface area contributed by atoms with Crippen LogP contribution in [0.15, 0.2) is 30.7 Å². The molecule has 100 valence electrons. The molecule has 0 fully saturated rings. The summed E-state index contributed by atoms with van der Waals surface area (Å²) in [4.78, 5) is 15.8. The third-order valence-corrected chi connectivity index (χ3v) is 2.61. The van der Waals surface area contributed by atoms with E-state index in [-0.39, 0.29) is 11.6 Å². The number of methoxy groups -OCH3 is 1. The molecule has 0 bridgehead atoms. The van der Waals surface area contributed by atoms with Crippen LogP contribution in [0.2, 0.25) is 5.02 Å². The third-order valence-electron chi connectivity index (χ3n) is 2.37. The van der Waals surface area contributed by atoms with E-state index in [1.807, 2.05) is 0 Å². The Morgan fingerprint density at radius 2 is 2.42 bits per heavy atom. The summed E-state index contributed by atoms with van der Waals surface area (Å²) >= 11 is 5.80. The Bertz CT molecular complexity index is 570. The van der Waals surface area contributed by atoms with Gasteiger partial charge in [0.25, 0.3) is 5.91 Å². The van der Waals surface area contributed by atoms with Gasteiger partial charge in [0, 0.05) is 24.5 Å². The minimum absolute atomic E-state index is 0.261. The molecular formula is C12H13ClN4O2. The summed E-state index contributed by atoms with van der Waals surface area (Å²) < 4.78 is 6.63. The summed E-state index contributed by atoms with van der Waals surface area (Å²) in [5.41, 5.74) is 0.861. The third kappa shape index (κ3) is 3.77. The molecule has 0 spiro atoms. The lowest BCUT2D eigenvalue weighted by Gasteiger charge is -2.02. The maximum atomic E-state index is 11.9. The van der Waals surface area contributed by atoms with E-state index >= 15 is 0 Å². The van der Waals surface area contributed by atoms with Crippen LogP contribution in [0.5, 0.6) is 0 Å². The molecule has 2 rings (SSSR count). The van der Waals surface area contributed by atoms with Gasteiger partial charge < -0.3 is 10.1 Å². The van der Waals surface area contributed by atoms with Crippen LogP contribution >= 0.6 is 11.6 Å². The Morgan fingerprint density at radius 1 is 1.58 bits per heavy atom. The van der Waals surface area contributed by atoms with E-state index in [1.165, 1.54) is 12.3 Å². The van der Waals surface area contributed by atoms with Gasteiger partial charge in [0.2, 0.25) is 0 Å². The number of hydrogen-bond acceptors (Lipinski definition) is 4. The maximum absolute atomic E-state index is 11.9. The predicted octanol–water partition coefficient (Wildman–Crippen LogP) is 1.83. The lowest BCUT2D eigenvalue weighted by atomic mass is 10.3. The highest BCUT2D eigenvalue weighted by Crippen LogP contribution is 2.11. The first-order valence-electron chi connectivity index (χ1n) is 5.63. The van der Waals surface area contributed by atoms with Crippen LogP contribution in [-0.4, -0.2) is 34.4 Å². The fourth-order valence-electron chi connectivity index (χ4n) is 1.46. The Kier molecular flexibility index (Phi) is 4.48. The number of halogens is 1. The molecule has 0 saturated heterocycles. The number of nitrogens with zero attached hydrogens (tertiary/aromatic N) is 3. The maximum Gasteiger partial charge on any atom is 0.274 e. The number of anilines is 1. The number of ether oxygens (including phenoxy) is 1. The molecule has 1 amide bonds. The molecule has 0 atom stereocenters. The Balaban J connectivity index is 2.00. The number of pyridine rings is 1. The zero-order valence-corrected chi connectivity index (χ0v) is 11.1. The molecule has 19 heavy (non-hydrogen) atoms. The van der Waals surface area contributed by atoms with Gasteiger partial charge in [0.05, 0.1) is 25.0 Å². The van der Waals surface area contributed by atoms with Gasteiger partial charge in [0.1, 0.15) is 5.69 Å². The van der Waals surface area contributed by atoms with E-state index < -0.39 is 0 Å². The summed E-state index contributed by atoms with van der Waals surface area (Å²) in [7, 11) is 1.62. The summed E-state index contributed by atoms with van der Waals surface area (Å²) in [5.74, 6) is -0.325. The van der Waals surface area contributed by atoms with Gasteiger partial charge >= 0.3 is 0 Å². The number of carbonyl (C=O) groups excluding carboxylic acids is 1. The van der Waals surface area contributed by atoms with E-state index in [0.29, 0.717) is 23.9 Å². The number of rotatable bonds is 5. The molecular weight excluding hydrogens is 268 g/mol. The summed E-state index contributed by atoms with van der Waals surface area (Å²) in [6.45, 7) is 1.19. The quantitative estimate of drug-likeness (QED) is 0.907. The minimum atomic E-state index is -0.325. The fraction of sp³-hybridized carbons (Fsp3) is 0.250. The van der Waals surface area contributed by atoms with Crippen LogP contribution in [-0.2, 0) is 11.3 Å². The average molecular weight is 281 g/mol. The summed E-state index contributed by atoms with van der Waals surface area (Å²) in [6.07, 6.45) is 4.78. The van der Waals surface area contributed by atoms with E-state index in [2.05, 4.69) is 15.4 Å². The van der Waals surface area contributed by atoms with Crippen LogP contribution < -0.4 is 5.32 Å². The van der Waals surface area contributed by atoms with E-state index in [1.54, 1.807) is 30.3 Å². The SMILES string of the molecule is COCCn1cc(NC(=O)c2cc(Cl)ccn2)cn1. The molecule has 0 saturated carbocycles. The van der Waals surface area contributed by atoms with Gasteiger partial charge in [-0.05, 0) is 12.1 Å². The summed E-state index contributed by atoms with van der Waals surface area (Å²) in [5, 5.41) is 7.26. The molecule has 2 aromatic rings. The van der Waals surface area contributed by atoms with Crippen molar-refractivity contribution in [3.8, 4) is 0 Å². The largest absolute Gasteiger partial charge is 0.383 e.